The van der Waals surface area contributed by atoms with E-state index in [-0.39, 0.29) is 0 Å². The molecule has 0 saturated carbocycles. The molecule has 0 heterocycles. The second-order valence-corrected chi connectivity index (χ2v) is 6.04. The maximum atomic E-state index is 3.86. The Morgan fingerprint density at radius 3 is 2.82 bits per heavy atom. The molecule has 0 N–H and O–H groups in total. The van der Waals surface area contributed by atoms with Crippen LogP contribution in [0.4, 0.5) is 0 Å². The number of aryl methyl sites for hydroxylation is 1. The van der Waals surface area contributed by atoms with Crippen LogP contribution >= 0.6 is 15.9 Å². The predicted octanol–water partition coefficient (Wildman–Crippen LogP) is 5.07. The third kappa shape index (κ3) is 1.89. The van der Waals surface area contributed by atoms with Crippen LogP contribution in [0.5, 0.6) is 0 Å². The fourth-order valence-corrected chi connectivity index (χ4v) is 4.06. The normalized spacial score (nSPS) is 17.6. The predicted molar refractivity (Wildman–Crippen MR) is 77.4 cm³/mol. The molecule has 0 bridgehead atoms. The molecule has 0 atom stereocenters. The van der Waals surface area contributed by atoms with Crippen LogP contribution in [0.2, 0.25) is 0 Å². The van der Waals surface area contributed by atoms with Crippen molar-refractivity contribution in [3.05, 3.63) is 38.9 Å². The molecule has 17 heavy (non-hydrogen) atoms. The first-order valence-corrected chi connectivity index (χ1v) is 7.63. The van der Waals surface area contributed by atoms with Crippen LogP contribution < -0.4 is 0 Å². The number of fused-ring (bicyclic) bond motifs is 2. The van der Waals surface area contributed by atoms with E-state index in [2.05, 4.69) is 35.0 Å². The molecule has 0 saturated heterocycles. The van der Waals surface area contributed by atoms with Gasteiger partial charge in [-0.05, 0) is 66.4 Å². The molecule has 1 heteroatoms. The molecule has 3 rings (SSSR count). The van der Waals surface area contributed by atoms with Gasteiger partial charge in [0.25, 0.3) is 0 Å². The number of hydrogen-bond donors (Lipinski definition) is 0. The standard InChI is InChI=1S/C16H19Br/c1-2-5-11-8-9-14-15(11)10-12-6-3-4-7-13(12)16(14)17/h8,10H,2-7,9H2,1H3. The second kappa shape index (κ2) is 4.61. The van der Waals surface area contributed by atoms with E-state index in [1.807, 2.05) is 0 Å². The zero-order valence-corrected chi connectivity index (χ0v) is 12.1. The summed E-state index contributed by atoms with van der Waals surface area (Å²) in [4.78, 5) is 0. The average Bonchev–Trinajstić information content (AvgIpc) is 2.74. The number of allylic oxidation sites excluding steroid dienone is 2. The molecule has 0 nitrogen and oxygen atoms in total. The molecule has 90 valence electrons. The van der Waals surface area contributed by atoms with Gasteiger partial charge in [0, 0.05) is 4.47 Å². The molecule has 0 unspecified atom stereocenters. The summed E-state index contributed by atoms with van der Waals surface area (Å²) in [6.45, 7) is 2.27. The second-order valence-electron chi connectivity index (χ2n) is 5.24. The zero-order valence-electron chi connectivity index (χ0n) is 10.5. The van der Waals surface area contributed by atoms with Gasteiger partial charge < -0.3 is 0 Å². The van der Waals surface area contributed by atoms with Gasteiger partial charge in [0.05, 0.1) is 0 Å². The van der Waals surface area contributed by atoms with Crippen molar-refractivity contribution in [3.8, 4) is 0 Å². The van der Waals surface area contributed by atoms with Gasteiger partial charge >= 0.3 is 0 Å². The van der Waals surface area contributed by atoms with Crippen molar-refractivity contribution < 1.29 is 0 Å². The summed E-state index contributed by atoms with van der Waals surface area (Å²) >= 11 is 3.86. The van der Waals surface area contributed by atoms with Crippen molar-refractivity contribution in [1.29, 1.82) is 0 Å². The van der Waals surface area contributed by atoms with Crippen LogP contribution in [0.3, 0.4) is 0 Å². The number of benzene rings is 1. The topological polar surface area (TPSA) is 0 Å². The lowest BCUT2D eigenvalue weighted by molar-refractivity contribution is 0.682. The fraction of sp³-hybridized carbons (Fsp3) is 0.500. The third-order valence-electron chi connectivity index (χ3n) is 4.10. The fourth-order valence-electron chi connectivity index (χ4n) is 3.23. The summed E-state index contributed by atoms with van der Waals surface area (Å²) in [5.74, 6) is 0. The number of halogens is 1. The van der Waals surface area contributed by atoms with Gasteiger partial charge in [0.1, 0.15) is 0 Å². The summed E-state index contributed by atoms with van der Waals surface area (Å²) in [6, 6.07) is 2.49. The van der Waals surface area contributed by atoms with Crippen LogP contribution in [0.1, 0.15) is 54.9 Å². The summed E-state index contributed by atoms with van der Waals surface area (Å²) < 4.78 is 1.42. The SMILES string of the molecule is CCCC1=CCc2c1cc1c(c2Br)CCCC1. The van der Waals surface area contributed by atoms with E-state index in [0.29, 0.717) is 0 Å². The van der Waals surface area contributed by atoms with Crippen LogP contribution in [0, 0.1) is 0 Å². The Morgan fingerprint density at radius 1 is 1.18 bits per heavy atom. The van der Waals surface area contributed by atoms with Gasteiger partial charge in [0.2, 0.25) is 0 Å². The van der Waals surface area contributed by atoms with Gasteiger partial charge in [-0.15, -0.1) is 0 Å². The minimum Gasteiger partial charge on any atom is -0.0762 e. The minimum absolute atomic E-state index is 1.14. The first-order chi connectivity index (χ1) is 8.31. The highest BCUT2D eigenvalue weighted by Crippen LogP contribution is 2.40. The molecule has 0 aliphatic heterocycles. The van der Waals surface area contributed by atoms with Crippen molar-refractivity contribution in [2.45, 2.75) is 51.9 Å². The maximum Gasteiger partial charge on any atom is 0.0251 e. The van der Waals surface area contributed by atoms with Crippen LogP contribution in [-0.2, 0) is 19.3 Å². The van der Waals surface area contributed by atoms with Crippen LogP contribution in [0.25, 0.3) is 5.57 Å². The molecule has 0 spiro atoms. The minimum atomic E-state index is 1.14. The monoisotopic (exact) mass is 290 g/mol. The Morgan fingerprint density at radius 2 is 2.00 bits per heavy atom. The van der Waals surface area contributed by atoms with Crippen molar-refractivity contribution in [2.75, 3.05) is 0 Å². The van der Waals surface area contributed by atoms with E-state index < -0.39 is 0 Å². The lowest BCUT2D eigenvalue weighted by Crippen LogP contribution is -2.06. The summed E-state index contributed by atoms with van der Waals surface area (Å²) in [5, 5.41) is 0. The Labute approximate surface area is 112 Å². The smallest absolute Gasteiger partial charge is 0.0251 e. The molecule has 1 aromatic rings. The first-order valence-electron chi connectivity index (χ1n) is 6.83. The lowest BCUT2D eigenvalue weighted by Gasteiger charge is -2.21. The molecule has 2 aliphatic rings. The Balaban J connectivity index is 2.09. The molecule has 0 aromatic heterocycles. The maximum absolute atomic E-state index is 3.86. The molecule has 0 fully saturated rings. The van der Waals surface area contributed by atoms with Crippen LogP contribution in [-0.4, -0.2) is 0 Å². The van der Waals surface area contributed by atoms with Crippen molar-refractivity contribution in [3.63, 3.8) is 0 Å². The summed E-state index contributed by atoms with van der Waals surface area (Å²) in [5.41, 5.74) is 7.87. The van der Waals surface area contributed by atoms with Gasteiger partial charge in [-0.25, -0.2) is 0 Å². The Kier molecular flexibility index (Phi) is 3.12. The Bertz CT molecular complexity index is 483. The zero-order chi connectivity index (χ0) is 11.8. The molecule has 2 aliphatic carbocycles. The summed E-state index contributed by atoms with van der Waals surface area (Å²) in [7, 11) is 0. The van der Waals surface area contributed by atoms with Gasteiger partial charge in [-0.3, -0.25) is 0 Å². The molecular weight excluding hydrogens is 272 g/mol. The van der Waals surface area contributed by atoms with Gasteiger partial charge in [-0.1, -0.05) is 41.4 Å². The molecular formula is C16H19Br. The van der Waals surface area contributed by atoms with E-state index in [9.17, 15) is 0 Å². The van der Waals surface area contributed by atoms with E-state index >= 15 is 0 Å². The van der Waals surface area contributed by atoms with E-state index in [0.717, 1.165) is 6.42 Å². The third-order valence-corrected chi connectivity index (χ3v) is 5.06. The molecule has 0 radical (unpaired) electrons. The summed E-state index contributed by atoms with van der Waals surface area (Å²) in [6.07, 6.45) is 11.3. The van der Waals surface area contributed by atoms with E-state index in [1.165, 1.54) is 43.0 Å². The van der Waals surface area contributed by atoms with Gasteiger partial charge in [-0.2, -0.15) is 0 Å². The quantitative estimate of drug-likeness (QED) is 0.714. The van der Waals surface area contributed by atoms with Crippen molar-refractivity contribution in [2.24, 2.45) is 0 Å². The average molecular weight is 291 g/mol. The first kappa shape index (κ1) is 11.5. The molecule has 0 amide bonds. The van der Waals surface area contributed by atoms with Crippen LogP contribution in [0.15, 0.2) is 16.6 Å². The lowest BCUT2D eigenvalue weighted by atomic mass is 9.87. The van der Waals surface area contributed by atoms with E-state index in [1.54, 1.807) is 27.8 Å². The largest absolute Gasteiger partial charge is 0.0762 e. The highest BCUT2D eigenvalue weighted by Gasteiger charge is 2.22. The molecule has 1 aromatic carbocycles. The Hall–Kier alpha value is -0.560. The van der Waals surface area contributed by atoms with Gasteiger partial charge in [0.15, 0.2) is 0 Å². The highest BCUT2D eigenvalue weighted by molar-refractivity contribution is 9.10. The van der Waals surface area contributed by atoms with E-state index in [4.69, 9.17) is 0 Å². The number of rotatable bonds is 2. The number of hydrogen-bond acceptors (Lipinski definition) is 0. The van der Waals surface area contributed by atoms with Crippen molar-refractivity contribution in [1.82, 2.24) is 0 Å². The highest BCUT2D eigenvalue weighted by atomic mass is 79.9. The van der Waals surface area contributed by atoms with Crippen molar-refractivity contribution >= 4 is 21.5 Å².